The van der Waals surface area contributed by atoms with Gasteiger partial charge in [0, 0.05) is 6.42 Å². The van der Waals surface area contributed by atoms with Crippen molar-refractivity contribution in [1.29, 1.82) is 0 Å². The van der Waals surface area contributed by atoms with Gasteiger partial charge >= 0.3 is 17.9 Å². The summed E-state index contributed by atoms with van der Waals surface area (Å²) in [6.07, 6.45) is 22.1. The van der Waals surface area contributed by atoms with Gasteiger partial charge in [0.05, 0.1) is 26.2 Å². The van der Waals surface area contributed by atoms with Crippen LogP contribution in [0.3, 0.4) is 0 Å². The molecule has 8 nitrogen and oxygen atoms in total. The number of aliphatic hydroxyl groups is 1. The van der Waals surface area contributed by atoms with Crippen LogP contribution < -0.4 is 0 Å². The van der Waals surface area contributed by atoms with Crippen LogP contribution in [0.4, 0.5) is 0 Å². The predicted molar refractivity (Wildman–Crippen MR) is 175 cm³/mol. The van der Waals surface area contributed by atoms with Gasteiger partial charge in [-0.2, -0.15) is 0 Å². The van der Waals surface area contributed by atoms with Gasteiger partial charge in [-0.25, -0.2) is 4.79 Å². The number of unbranched alkanes of at least 4 members (excludes halogenated alkanes) is 14. The highest BCUT2D eigenvalue weighted by molar-refractivity contribution is 6.06. The zero-order valence-corrected chi connectivity index (χ0v) is 28.5. The summed E-state index contributed by atoms with van der Waals surface area (Å²) < 4.78 is 15.7. The molecule has 0 saturated heterocycles. The smallest absolute Gasteiger partial charge is 0.340 e. The Kier molecular flexibility index (Phi) is 26.8. The fourth-order valence-corrected chi connectivity index (χ4v) is 4.84. The molecule has 0 aliphatic carbocycles. The minimum absolute atomic E-state index is 0.00253. The molecule has 2 atom stereocenters. The average Bonchev–Trinajstić information content (AvgIpc) is 2.99. The van der Waals surface area contributed by atoms with Crippen molar-refractivity contribution in [2.75, 3.05) is 19.8 Å². The summed E-state index contributed by atoms with van der Waals surface area (Å²) in [5.41, 5.74) is -2.70. The van der Waals surface area contributed by atoms with Crippen molar-refractivity contribution < 1.29 is 38.5 Å². The minimum Gasteiger partial charge on any atom is -0.466 e. The second-order valence-corrected chi connectivity index (χ2v) is 11.9. The number of ketones is 1. The first-order chi connectivity index (χ1) is 21.3. The largest absolute Gasteiger partial charge is 0.466 e. The van der Waals surface area contributed by atoms with Crippen LogP contribution in [0.2, 0.25) is 0 Å². The van der Waals surface area contributed by atoms with E-state index in [9.17, 15) is 24.3 Å². The van der Waals surface area contributed by atoms with Crippen molar-refractivity contribution >= 4 is 23.7 Å². The molecule has 0 radical (unpaired) electrons. The standard InChI is InChI=1S/C36H64O8/c1-5-9-13-14-15-16-17-18-19-20-21-22-23-24-25-26-31(37)33(34(39)43-28-11-7-3)36(41,35(40)44-29-12-8-4)30-32(38)42-27-10-6-2/h18-19,33,41H,5-17,20-30H2,1-4H3/b19-18-. The van der Waals surface area contributed by atoms with Crippen LogP contribution in [0, 0.1) is 5.92 Å². The quantitative estimate of drug-likeness (QED) is 0.0279. The zero-order valence-electron chi connectivity index (χ0n) is 28.5. The second-order valence-electron chi connectivity index (χ2n) is 11.9. The van der Waals surface area contributed by atoms with Crippen molar-refractivity contribution in [1.82, 2.24) is 0 Å². The number of carbonyl (C=O) groups excluding carboxylic acids is 4. The molecule has 256 valence electrons. The van der Waals surface area contributed by atoms with E-state index in [-0.39, 0.29) is 26.2 Å². The van der Waals surface area contributed by atoms with Crippen molar-refractivity contribution in [3.05, 3.63) is 12.2 Å². The molecule has 2 unspecified atom stereocenters. The molecule has 0 aliphatic heterocycles. The third-order valence-electron chi connectivity index (χ3n) is 7.72. The van der Waals surface area contributed by atoms with E-state index in [1.807, 2.05) is 20.8 Å². The third kappa shape index (κ3) is 19.9. The fraction of sp³-hybridized carbons (Fsp3) is 0.833. The number of hydrogen-bond acceptors (Lipinski definition) is 8. The topological polar surface area (TPSA) is 116 Å². The Bertz CT molecular complexity index is 793. The van der Waals surface area contributed by atoms with E-state index in [1.54, 1.807) is 0 Å². The van der Waals surface area contributed by atoms with Crippen LogP contribution in [0.1, 0.15) is 163 Å². The molecule has 44 heavy (non-hydrogen) atoms. The molecule has 0 spiro atoms. The maximum Gasteiger partial charge on any atom is 0.340 e. The maximum atomic E-state index is 13.4. The van der Waals surface area contributed by atoms with Gasteiger partial charge in [0.15, 0.2) is 17.3 Å². The van der Waals surface area contributed by atoms with Gasteiger partial charge in [-0.3, -0.25) is 14.4 Å². The first kappa shape index (κ1) is 41.8. The Morgan fingerprint density at radius 2 is 1.05 bits per heavy atom. The summed E-state index contributed by atoms with van der Waals surface area (Å²) in [6.45, 7) is 8.18. The van der Waals surface area contributed by atoms with Crippen molar-refractivity contribution in [3.63, 3.8) is 0 Å². The normalized spacial score (nSPS) is 13.4. The van der Waals surface area contributed by atoms with E-state index in [1.165, 1.54) is 38.5 Å². The molecule has 8 heteroatoms. The third-order valence-corrected chi connectivity index (χ3v) is 7.72. The Labute approximate surface area is 268 Å². The Morgan fingerprint density at radius 1 is 0.591 bits per heavy atom. The summed E-state index contributed by atoms with van der Waals surface area (Å²) in [5, 5.41) is 11.6. The number of esters is 3. The molecular weight excluding hydrogens is 560 g/mol. The van der Waals surface area contributed by atoms with Gasteiger partial charge in [-0.1, -0.05) is 110 Å². The Hall–Kier alpha value is -2.22. The van der Waals surface area contributed by atoms with E-state index in [4.69, 9.17) is 14.2 Å². The van der Waals surface area contributed by atoms with Crippen molar-refractivity contribution in [2.45, 2.75) is 168 Å². The number of allylic oxidation sites excluding steroid dienone is 2. The molecule has 0 aromatic heterocycles. The van der Waals surface area contributed by atoms with Gasteiger partial charge in [0.1, 0.15) is 0 Å². The molecule has 1 N–H and O–H groups in total. The summed E-state index contributed by atoms with van der Waals surface area (Å²) in [7, 11) is 0. The van der Waals surface area contributed by atoms with Crippen LogP contribution in [0.5, 0.6) is 0 Å². The van der Waals surface area contributed by atoms with Crippen LogP contribution in [-0.4, -0.2) is 54.2 Å². The highest BCUT2D eigenvalue weighted by Crippen LogP contribution is 2.29. The lowest BCUT2D eigenvalue weighted by molar-refractivity contribution is -0.188. The average molecular weight is 625 g/mol. The van der Waals surface area contributed by atoms with Gasteiger partial charge < -0.3 is 19.3 Å². The molecule has 0 rings (SSSR count). The van der Waals surface area contributed by atoms with Crippen LogP contribution >= 0.6 is 0 Å². The number of rotatable bonds is 30. The molecular formula is C36H64O8. The van der Waals surface area contributed by atoms with Gasteiger partial charge in [0.25, 0.3) is 0 Å². The fourth-order valence-electron chi connectivity index (χ4n) is 4.84. The van der Waals surface area contributed by atoms with E-state index < -0.39 is 41.6 Å². The van der Waals surface area contributed by atoms with E-state index >= 15 is 0 Å². The van der Waals surface area contributed by atoms with E-state index in [0.717, 1.165) is 57.8 Å². The molecule has 0 amide bonds. The van der Waals surface area contributed by atoms with E-state index in [0.29, 0.717) is 25.7 Å². The van der Waals surface area contributed by atoms with E-state index in [2.05, 4.69) is 19.1 Å². The summed E-state index contributed by atoms with van der Waals surface area (Å²) in [4.78, 5) is 52.4. The van der Waals surface area contributed by atoms with Crippen LogP contribution in [-0.2, 0) is 33.4 Å². The molecule has 0 heterocycles. The number of carbonyl (C=O) groups is 4. The molecule has 0 saturated carbocycles. The lowest BCUT2D eigenvalue weighted by Crippen LogP contribution is -2.55. The molecule has 0 aromatic carbocycles. The number of Topliss-reactive ketones (excluding diaryl/α,β-unsaturated/α-hetero) is 1. The summed E-state index contributed by atoms with van der Waals surface area (Å²) >= 11 is 0. The maximum absolute atomic E-state index is 13.4. The van der Waals surface area contributed by atoms with Crippen molar-refractivity contribution in [2.24, 2.45) is 5.92 Å². The second kappa shape index (κ2) is 28.3. The monoisotopic (exact) mass is 624 g/mol. The zero-order chi connectivity index (χ0) is 32.9. The first-order valence-corrected chi connectivity index (χ1v) is 17.7. The van der Waals surface area contributed by atoms with Gasteiger partial charge in [0.2, 0.25) is 0 Å². The summed E-state index contributed by atoms with van der Waals surface area (Å²) in [5.74, 6) is -5.53. The lowest BCUT2D eigenvalue weighted by atomic mass is 9.80. The summed E-state index contributed by atoms with van der Waals surface area (Å²) in [6, 6.07) is 0. The minimum atomic E-state index is -2.70. The number of ether oxygens (including phenoxy) is 3. The molecule has 0 fully saturated rings. The van der Waals surface area contributed by atoms with Crippen LogP contribution in [0.15, 0.2) is 12.2 Å². The van der Waals surface area contributed by atoms with Gasteiger partial charge in [-0.05, 0) is 51.4 Å². The van der Waals surface area contributed by atoms with Gasteiger partial charge in [-0.15, -0.1) is 0 Å². The number of hydrogen-bond donors (Lipinski definition) is 1. The van der Waals surface area contributed by atoms with Crippen LogP contribution in [0.25, 0.3) is 0 Å². The molecule has 0 bridgehead atoms. The highest BCUT2D eigenvalue weighted by Gasteiger charge is 2.55. The van der Waals surface area contributed by atoms with Crippen molar-refractivity contribution in [3.8, 4) is 0 Å². The molecule has 0 aliphatic rings. The lowest BCUT2D eigenvalue weighted by Gasteiger charge is -2.31. The SMILES string of the molecule is CCCCCCCC/C=C\CCCCCCCC(=O)C(C(=O)OCCCC)C(O)(CC(=O)OCCCC)C(=O)OCCCC. The first-order valence-electron chi connectivity index (χ1n) is 17.7. The molecule has 0 aromatic rings. The highest BCUT2D eigenvalue weighted by atomic mass is 16.6. The predicted octanol–water partition coefficient (Wildman–Crippen LogP) is 8.36. The Morgan fingerprint density at radius 3 is 1.59 bits per heavy atom. The Balaban J connectivity index is 5.10.